The number of hydrogen-bond acceptors (Lipinski definition) is 5. The maximum atomic E-state index is 13.1. The summed E-state index contributed by atoms with van der Waals surface area (Å²) in [6.07, 6.45) is 0.748. The molecule has 2 aromatic rings. The van der Waals surface area contributed by atoms with Gasteiger partial charge >= 0.3 is 0 Å². The van der Waals surface area contributed by atoms with E-state index in [2.05, 4.69) is 20.6 Å². The number of anilines is 1. The van der Waals surface area contributed by atoms with Crippen LogP contribution < -0.4 is 5.32 Å². The van der Waals surface area contributed by atoms with Crippen LogP contribution >= 0.6 is 0 Å². The molecule has 0 fully saturated rings. The van der Waals surface area contributed by atoms with Crippen LogP contribution in [0.25, 0.3) is 0 Å². The number of hydrogen-bond donors (Lipinski definition) is 1. The van der Waals surface area contributed by atoms with Crippen LogP contribution in [-0.2, 0) is 24.8 Å². The average Bonchev–Trinajstić information content (AvgIpc) is 2.85. The van der Waals surface area contributed by atoms with Crippen LogP contribution in [0.15, 0.2) is 6.07 Å². The molecular formula is C18H26N6O. The summed E-state index contributed by atoms with van der Waals surface area (Å²) in [6, 6.07) is 2.01. The molecule has 3 heterocycles. The summed E-state index contributed by atoms with van der Waals surface area (Å²) in [5.74, 6) is 0.715. The predicted octanol–water partition coefficient (Wildman–Crippen LogP) is 1.95. The van der Waals surface area contributed by atoms with E-state index in [1.165, 1.54) is 0 Å². The Labute approximate surface area is 148 Å². The molecule has 0 saturated carbocycles. The molecule has 0 aliphatic carbocycles. The Bertz CT molecular complexity index is 797. The molecule has 3 rings (SSSR count). The number of aryl methyl sites for hydroxylation is 2. The van der Waals surface area contributed by atoms with Crippen LogP contribution in [0, 0.1) is 13.8 Å². The van der Waals surface area contributed by atoms with E-state index in [4.69, 9.17) is 0 Å². The number of carbonyl (C=O) groups excluding carboxylic acids is 1. The zero-order valence-electron chi connectivity index (χ0n) is 15.6. The van der Waals surface area contributed by atoms with E-state index in [9.17, 15) is 4.79 Å². The molecule has 7 heteroatoms. The third-order valence-electron chi connectivity index (χ3n) is 4.98. The van der Waals surface area contributed by atoms with Gasteiger partial charge in [0.15, 0.2) is 0 Å². The zero-order chi connectivity index (χ0) is 18.1. The average molecular weight is 342 g/mol. The quantitative estimate of drug-likeness (QED) is 0.919. The molecule has 1 atom stereocenters. The molecule has 0 spiro atoms. The SMILES string of the molecule is CCNc1cc2c(nn1)CCN(C(=O)[C@H](C)c1c(C)nn(C)c1C)C2. The molecule has 25 heavy (non-hydrogen) atoms. The van der Waals surface area contributed by atoms with Gasteiger partial charge in [-0.05, 0) is 39.3 Å². The topological polar surface area (TPSA) is 75.9 Å². The minimum Gasteiger partial charge on any atom is -0.369 e. The fraction of sp³-hybridized carbons (Fsp3) is 0.556. The lowest BCUT2D eigenvalue weighted by molar-refractivity contribution is -0.133. The lowest BCUT2D eigenvalue weighted by Gasteiger charge is -2.30. The van der Waals surface area contributed by atoms with Crippen LogP contribution in [-0.4, -0.2) is 43.9 Å². The Kier molecular flexibility index (Phi) is 4.74. The van der Waals surface area contributed by atoms with E-state index in [0.29, 0.717) is 13.1 Å². The van der Waals surface area contributed by atoms with Crippen molar-refractivity contribution in [3.8, 4) is 0 Å². The van der Waals surface area contributed by atoms with E-state index in [-0.39, 0.29) is 11.8 Å². The highest BCUT2D eigenvalue weighted by atomic mass is 16.2. The summed E-state index contributed by atoms with van der Waals surface area (Å²) in [5, 5.41) is 16.1. The number of nitrogens with one attached hydrogen (secondary N) is 1. The van der Waals surface area contributed by atoms with Crippen LogP contribution in [0.2, 0.25) is 0 Å². The molecule has 0 aromatic carbocycles. The summed E-state index contributed by atoms with van der Waals surface area (Å²) < 4.78 is 1.85. The van der Waals surface area contributed by atoms with Gasteiger partial charge < -0.3 is 10.2 Å². The van der Waals surface area contributed by atoms with E-state index < -0.39 is 0 Å². The molecule has 2 aromatic heterocycles. The molecule has 1 N–H and O–H groups in total. The number of amides is 1. The highest BCUT2D eigenvalue weighted by Crippen LogP contribution is 2.27. The van der Waals surface area contributed by atoms with Crippen molar-refractivity contribution in [2.75, 3.05) is 18.4 Å². The molecule has 0 unspecified atom stereocenters. The lowest BCUT2D eigenvalue weighted by atomic mass is 9.96. The Morgan fingerprint density at radius 3 is 2.76 bits per heavy atom. The van der Waals surface area contributed by atoms with Crippen LogP contribution in [0.3, 0.4) is 0 Å². The van der Waals surface area contributed by atoms with Crippen molar-refractivity contribution < 1.29 is 4.79 Å². The first-order valence-electron chi connectivity index (χ1n) is 8.80. The molecule has 0 radical (unpaired) electrons. The van der Waals surface area contributed by atoms with Gasteiger partial charge in [0.05, 0.1) is 17.3 Å². The van der Waals surface area contributed by atoms with Crippen LogP contribution in [0.1, 0.15) is 48.0 Å². The maximum absolute atomic E-state index is 13.1. The van der Waals surface area contributed by atoms with Gasteiger partial charge in [0.1, 0.15) is 5.82 Å². The summed E-state index contributed by atoms with van der Waals surface area (Å²) in [4.78, 5) is 15.0. The van der Waals surface area contributed by atoms with Crippen molar-refractivity contribution in [3.63, 3.8) is 0 Å². The molecule has 1 amide bonds. The number of carbonyl (C=O) groups is 1. The normalized spacial score (nSPS) is 15.0. The number of fused-ring (bicyclic) bond motifs is 1. The molecule has 0 bridgehead atoms. The minimum atomic E-state index is -0.196. The van der Waals surface area contributed by atoms with Crippen molar-refractivity contribution in [1.82, 2.24) is 24.9 Å². The van der Waals surface area contributed by atoms with Gasteiger partial charge in [-0.3, -0.25) is 9.48 Å². The van der Waals surface area contributed by atoms with E-state index in [1.807, 2.05) is 50.4 Å². The second-order valence-corrected chi connectivity index (χ2v) is 6.67. The van der Waals surface area contributed by atoms with Crippen LogP contribution in [0.5, 0.6) is 0 Å². The summed E-state index contributed by atoms with van der Waals surface area (Å²) in [5.41, 5.74) is 5.10. The molecule has 0 saturated heterocycles. The number of aromatic nitrogens is 4. The number of nitrogens with zero attached hydrogens (tertiary/aromatic N) is 5. The molecule has 1 aliphatic heterocycles. The van der Waals surface area contributed by atoms with Crippen molar-refractivity contribution in [3.05, 3.63) is 34.3 Å². The molecular weight excluding hydrogens is 316 g/mol. The second-order valence-electron chi connectivity index (χ2n) is 6.67. The molecule has 1 aliphatic rings. The Balaban J connectivity index is 1.81. The highest BCUT2D eigenvalue weighted by molar-refractivity contribution is 5.84. The predicted molar refractivity (Wildman–Crippen MR) is 96.4 cm³/mol. The molecule has 7 nitrogen and oxygen atoms in total. The Hall–Kier alpha value is -2.44. The third kappa shape index (κ3) is 3.23. The van der Waals surface area contributed by atoms with E-state index in [0.717, 1.165) is 47.0 Å². The fourth-order valence-electron chi connectivity index (χ4n) is 3.60. The van der Waals surface area contributed by atoms with Gasteiger partial charge in [-0.15, -0.1) is 5.10 Å². The van der Waals surface area contributed by atoms with Crippen molar-refractivity contribution >= 4 is 11.7 Å². The number of rotatable bonds is 4. The van der Waals surface area contributed by atoms with Gasteiger partial charge in [0, 0.05) is 44.4 Å². The Morgan fingerprint density at radius 2 is 2.12 bits per heavy atom. The first-order chi connectivity index (χ1) is 11.9. The molecule has 134 valence electrons. The summed E-state index contributed by atoms with van der Waals surface area (Å²) in [6.45, 7) is 10.1. The fourth-order valence-corrected chi connectivity index (χ4v) is 3.60. The summed E-state index contributed by atoms with van der Waals surface area (Å²) in [7, 11) is 1.92. The lowest BCUT2D eigenvalue weighted by Crippen LogP contribution is -2.39. The highest BCUT2D eigenvalue weighted by Gasteiger charge is 2.29. The monoisotopic (exact) mass is 342 g/mol. The maximum Gasteiger partial charge on any atom is 0.230 e. The zero-order valence-corrected chi connectivity index (χ0v) is 15.6. The standard InChI is InChI=1S/C18H26N6O/c1-6-19-16-9-14-10-24(8-7-15(14)20-21-16)18(25)11(2)17-12(3)22-23(5)13(17)4/h9,11H,6-8,10H2,1-5H3,(H,19,21)/t11-/m1/s1. The summed E-state index contributed by atoms with van der Waals surface area (Å²) >= 11 is 0. The largest absolute Gasteiger partial charge is 0.369 e. The Morgan fingerprint density at radius 1 is 1.36 bits per heavy atom. The van der Waals surface area contributed by atoms with Gasteiger partial charge in [-0.1, -0.05) is 0 Å². The van der Waals surface area contributed by atoms with Crippen LogP contribution in [0.4, 0.5) is 5.82 Å². The van der Waals surface area contributed by atoms with E-state index in [1.54, 1.807) is 0 Å². The minimum absolute atomic E-state index is 0.145. The van der Waals surface area contributed by atoms with Gasteiger partial charge in [-0.25, -0.2) is 0 Å². The first-order valence-corrected chi connectivity index (χ1v) is 8.80. The first kappa shape index (κ1) is 17.4. The second kappa shape index (κ2) is 6.82. The van der Waals surface area contributed by atoms with Gasteiger partial charge in [0.2, 0.25) is 5.91 Å². The van der Waals surface area contributed by atoms with Crippen molar-refractivity contribution in [2.24, 2.45) is 7.05 Å². The van der Waals surface area contributed by atoms with Crippen molar-refractivity contribution in [2.45, 2.75) is 46.6 Å². The smallest absolute Gasteiger partial charge is 0.230 e. The van der Waals surface area contributed by atoms with E-state index >= 15 is 0 Å². The third-order valence-corrected chi connectivity index (χ3v) is 4.98. The van der Waals surface area contributed by atoms with Gasteiger partial charge in [0.25, 0.3) is 0 Å². The van der Waals surface area contributed by atoms with Gasteiger partial charge in [-0.2, -0.15) is 10.2 Å². The van der Waals surface area contributed by atoms with Crippen molar-refractivity contribution in [1.29, 1.82) is 0 Å².